The summed E-state index contributed by atoms with van der Waals surface area (Å²) in [6.45, 7) is 2.72. The first kappa shape index (κ1) is 9.76. The standard InChI is InChI=1S/C10H10N6O/c1-2-16-9-6(4-3-5-12-9)13-10(16)7-8(11)15-17-14-7/h3-5H,2H2,1H3,(H2,11,15). The van der Waals surface area contributed by atoms with Crippen LogP contribution in [0.4, 0.5) is 5.82 Å². The Kier molecular flexibility index (Phi) is 2.04. The Hall–Kier alpha value is -2.44. The number of anilines is 1. The zero-order valence-corrected chi connectivity index (χ0v) is 9.16. The van der Waals surface area contributed by atoms with Gasteiger partial charge < -0.3 is 10.3 Å². The van der Waals surface area contributed by atoms with Gasteiger partial charge in [-0.3, -0.25) is 0 Å². The third-order valence-corrected chi connectivity index (χ3v) is 2.55. The van der Waals surface area contributed by atoms with Crippen LogP contribution in [0.1, 0.15) is 6.92 Å². The molecule has 3 aromatic rings. The molecule has 0 atom stereocenters. The molecule has 3 heterocycles. The van der Waals surface area contributed by atoms with E-state index in [0.29, 0.717) is 11.5 Å². The van der Waals surface area contributed by atoms with E-state index in [9.17, 15) is 0 Å². The second-order valence-electron chi connectivity index (χ2n) is 3.52. The maximum absolute atomic E-state index is 5.68. The fraction of sp³-hybridized carbons (Fsp3) is 0.200. The van der Waals surface area contributed by atoms with Crippen molar-refractivity contribution >= 4 is 17.0 Å². The highest BCUT2D eigenvalue weighted by atomic mass is 16.6. The van der Waals surface area contributed by atoms with Crippen molar-refractivity contribution in [3.8, 4) is 11.5 Å². The summed E-state index contributed by atoms with van der Waals surface area (Å²) in [5, 5.41) is 7.32. The summed E-state index contributed by atoms with van der Waals surface area (Å²) in [7, 11) is 0. The minimum Gasteiger partial charge on any atom is -0.379 e. The molecule has 0 aliphatic heterocycles. The van der Waals surface area contributed by atoms with E-state index < -0.39 is 0 Å². The Morgan fingerprint density at radius 2 is 2.29 bits per heavy atom. The number of nitrogens with zero attached hydrogens (tertiary/aromatic N) is 5. The van der Waals surface area contributed by atoms with Gasteiger partial charge in [0.25, 0.3) is 0 Å². The molecule has 0 aliphatic rings. The lowest BCUT2D eigenvalue weighted by molar-refractivity contribution is 0.310. The number of hydrogen-bond donors (Lipinski definition) is 1. The fourth-order valence-electron chi connectivity index (χ4n) is 1.79. The van der Waals surface area contributed by atoms with Gasteiger partial charge in [-0.25, -0.2) is 14.6 Å². The summed E-state index contributed by atoms with van der Waals surface area (Å²) < 4.78 is 6.52. The van der Waals surface area contributed by atoms with Crippen molar-refractivity contribution in [1.29, 1.82) is 0 Å². The summed E-state index contributed by atoms with van der Waals surface area (Å²) in [5.41, 5.74) is 7.72. The van der Waals surface area contributed by atoms with E-state index in [2.05, 4.69) is 24.9 Å². The van der Waals surface area contributed by atoms with Gasteiger partial charge in [-0.05, 0) is 29.4 Å². The second-order valence-corrected chi connectivity index (χ2v) is 3.52. The summed E-state index contributed by atoms with van der Waals surface area (Å²) in [4.78, 5) is 8.74. The normalized spacial score (nSPS) is 11.1. The molecule has 0 radical (unpaired) electrons. The van der Waals surface area contributed by atoms with Gasteiger partial charge in [0.1, 0.15) is 5.52 Å². The number of imidazole rings is 1. The Balaban J connectivity index is 2.33. The molecule has 0 saturated heterocycles. The Morgan fingerprint density at radius 1 is 1.41 bits per heavy atom. The fourth-order valence-corrected chi connectivity index (χ4v) is 1.79. The van der Waals surface area contributed by atoms with Crippen LogP contribution >= 0.6 is 0 Å². The van der Waals surface area contributed by atoms with E-state index in [-0.39, 0.29) is 5.82 Å². The van der Waals surface area contributed by atoms with Crippen LogP contribution in [0.15, 0.2) is 23.0 Å². The minimum absolute atomic E-state index is 0.231. The topological polar surface area (TPSA) is 95.7 Å². The van der Waals surface area contributed by atoms with Crippen molar-refractivity contribution in [2.75, 3.05) is 5.73 Å². The van der Waals surface area contributed by atoms with Gasteiger partial charge in [-0.2, -0.15) is 0 Å². The van der Waals surface area contributed by atoms with Gasteiger partial charge in [-0.15, -0.1) is 0 Å². The van der Waals surface area contributed by atoms with E-state index in [4.69, 9.17) is 5.73 Å². The number of rotatable bonds is 2. The van der Waals surface area contributed by atoms with Gasteiger partial charge in [0.15, 0.2) is 23.0 Å². The quantitative estimate of drug-likeness (QED) is 0.707. The first-order valence-corrected chi connectivity index (χ1v) is 5.21. The number of nitrogen functional groups attached to an aromatic ring is 1. The van der Waals surface area contributed by atoms with E-state index in [1.54, 1.807) is 6.20 Å². The molecule has 0 fully saturated rings. The monoisotopic (exact) mass is 230 g/mol. The smallest absolute Gasteiger partial charge is 0.199 e. The van der Waals surface area contributed by atoms with E-state index in [1.807, 2.05) is 23.6 Å². The molecule has 0 saturated carbocycles. The molecule has 3 rings (SSSR count). The lowest BCUT2D eigenvalue weighted by Crippen LogP contribution is -2.00. The maximum atomic E-state index is 5.68. The molecule has 2 N–H and O–H groups in total. The highest BCUT2D eigenvalue weighted by Gasteiger charge is 2.18. The number of aryl methyl sites for hydroxylation is 1. The molecular formula is C10H10N6O. The minimum atomic E-state index is 0.231. The number of pyridine rings is 1. The molecule has 0 unspecified atom stereocenters. The molecule has 7 nitrogen and oxygen atoms in total. The van der Waals surface area contributed by atoms with E-state index in [0.717, 1.165) is 17.7 Å². The summed E-state index contributed by atoms with van der Waals surface area (Å²) in [5.74, 6) is 0.856. The number of hydrogen-bond acceptors (Lipinski definition) is 6. The number of nitrogens with two attached hydrogens (primary N) is 1. The Morgan fingerprint density at radius 3 is 3.00 bits per heavy atom. The molecule has 17 heavy (non-hydrogen) atoms. The van der Waals surface area contributed by atoms with Gasteiger partial charge in [0.2, 0.25) is 0 Å². The second kappa shape index (κ2) is 3.55. The third-order valence-electron chi connectivity index (χ3n) is 2.55. The Labute approximate surface area is 96.2 Å². The SMILES string of the molecule is CCn1c(-c2nonc2N)nc2cccnc21. The van der Waals surface area contributed by atoms with Crippen LogP contribution in [0.5, 0.6) is 0 Å². The van der Waals surface area contributed by atoms with Crippen LogP contribution < -0.4 is 5.73 Å². The van der Waals surface area contributed by atoms with Crippen molar-refractivity contribution in [2.24, 2.45) is 0 Å². The van der Waals surface area contributed by atoms with Crippen LogP contribution in [0.3, 0.4) is 0 Å². The Bertz CT molecular complexity index is 670. The van der Waals surface area contributed by atoms with Gasteiger partial charge in [0, 0.05) is 12.7 Å². The van der Waals surface area contributed by atoms with Crippen molar-refractivity contribution in [1.82, 2.24) is 24.8 Å². The van der Waals surface area contributed by atoms with Crippen molar-refractivity contribution in [3.05, 3.63) is 18.3 Å². The van der Waals surface area contributed by atoms with Crippen molar-refractivity contribution in [3.63, 3.8) is 0 Å². The number of fused-ring (bicyclic) bond motifs is 1. The largest absolute Gasteiger partial charge is 0.379 e. The van der Waals surface area contributed by atoms with Crippen LogP contribution in [-0.4, -0.2) is 24.8 Å². The van der Waals surface area contributed by atoms with Crippen molar-refractivity contribution < 1.29 is 4.63 Å². The van der Waals surface area contributed by atoms with Crippen LogP contribution in [-0.2, 0) is 6.54 Å². The van der Waals surface area contributed by atoms with E-state index in [1.165, 1.54) is 0 Å². The van der Waals surface area contributed by atoms with Gasteiger partial charge in [-0.1, -0.05) is 0 Å². The first-order valence-electron chi connectivity index (χ1n) is 5.21. The summed E-state index contributed by atoms with van der Waals surface area (Å²) >= 11 is 0. The van der Waals surface area contributed by atoms with Gasteiger partial charge >= 0.3 is 0 Å². The predicted molar refractivity (Wildman–Crippen MR) is 60.9 cm³/mol. The maximum Gasteiger partial charge on any atom is 0.199 e. The average Bonchev–Trinajstić information content (AvgIpc) is 2.91. The zero-order valence-electron chi connectivity index (χ0n) is 9.16. The van der Waals surface area contributed by atoms with Crippen LogP contribution in [0.2, 0.25) is 0 Å². The zero-order chi connectivity index (χ0) is 11.8. The molecule has 3 aromatic heterocycles. The summed E-state index contributed by atoms with van der Waals surface area (Å²) in [6, 6.07) is 3.73. The molecule has 0 aromatic carbocycles. The van der Waals surface area contributed by atoms with E-state index >= 15 is 0 Å². The molecule has 0 spiro atoms. The van der Waals surface area contributed by atoms with Crippen molar-refractivity contribution in [2.45, 2.75) is 13.5 Å². The molecule has 86 valence electrons. The molecule has 0 amide bonds. The third kappa shape index (κ3) is 1.36. The number of aromatic nitrogens is 5. The lowest BCUT2D eigenvalue weighted by atomic mass is 10.4. The lowest BCUT2D eigenvalue weighted by Gasteiger charge is -2.01. The molecule has 7 heteroatoms. The highest BCUT2D eigenvalue weighted by molar-refractivity contribution is 5.78. The average molecular weight is 230 g/mol. The summed E-state index contributed by atoms with van der Waals surface area (Å²) in [6.07, 6.45) is 1.73. The van der Waals surface area contributed by atoms with Crippen LogP contribution in [0.25, 0.3) is 22.7 Å². The highest BCUT2D eigenvalue weighted by Crippen LogP contribution is 2.24. The predicted octanol–water partition coefficient (Wildman–Crippen LogP) is 1.08. The molecule has 0 aliphatic carbocycles. The molecular weight excluding hydrogens is 220 g/mol. The molecule has 0 bridgehead atoms. The van der Waals surface area contributed by atoms with Gasteiger partial charge in [0.05, 0.1) is 0 Å². The first-order chi connectivity index (χ1) is 8.31. The van der Waals surface area contributed by atoms with Crippen LogP contribution in [0, 0.1) is 0 Å².